The smallest absolute Gasteiger partial charge is 0.230 e. The highest BCUT2D eigenvalue weighted by atomic mass is 32.2. The molecule has 2 N–H and O–H groups in total. The second-order valence-corrected chi connectivity index (χ2v) is 6.64. The average Bonchev–Trinajstić information content (AvgIpc) is 2.97. The van der Waals surface area contributed by atoms with Crippen LogP contribution in [-0.4, -0.2) is 36.0 Å². The summed E-state index contributed by atoms with van der Waals surface area (Å²) in [5.41, 5.74) is 0. The van der Waals surface area contributed by atoms with E-state index in [1.165, 1.54) is 12.8 Å². The summed E-state index contributed by atoms with van der Waals surface area (Å²) >= 11 is 1.79. The van der Waals surface area contributed by atoms with Gasteiger partial charge in [-0.2, -0.15) is 0 Å². The lowest BCUT2D eigenvalue weighted by Gasteiger charge is -2.22. The van der Waals surface area contributed by atoms with Crippen molar-refractivity contribution in [1.29, 1.82) is 0 Å². The molecule has 20 heavy (non-hydrogen) atoms. The predicted octanol–water partition coefficient (Wildman–Crippen LogP) is 2.20. The maximum absolute atomic E-state index is 11.9. The molecule has 1 amide bonds. The average molecular weight is 296 g/mol. The van der Waals surface area contributed by atoms with E-state index in [9.17, 15) is 4.79 Å². The Balaban J connectivity index is 1.58. The molecule has 0 bridgehead atoms. The highest BCUT2D eigenvalue weighted by Crippen LogP contribution is 2.19. The van der Waals surface area contributed by atoms with Crippen LogP contribution in [0.3, 0.4) is 0 Å². The first-order valence-corrected chi connectivity index (χ1v) is 8.43. The lowest BCUT2D eigenvalue weighted by molar-refractivity contribution is -0.119. The minimum absolute atomic E-state index is 0.153. The molecular weight excluding hydrogens is 272 g/mol. The predicted molar refractivity (Wildman–Crippen MR) is 83.0 cm³/mol. The van der Waals surface area contributed by atoms with Crippen molar-refractivity contribution < 1.29 is 9.21 Å². The molecule has 112 valence electrons. The minimum Gasteiger partial charge on any atom is -0.469 e. The molecule has 1 unspecified atom stereocenters. The third kappa shape index (κ3) is 5.59. The Morgan fingerprint density at radius 2 is 2.35 bits per heavy atom. The maximum Gasteiger partial charge on any atom is 0.230 e. The number of piperidine rings is 1. The van der Waals surface area contributed by atoms with Gasteiger partial charge in [0.1, 0.15) is 5.76 Å². The van der Waals surface area contributed by atoms with Crippen molar-refractivity contribution >= 4 is 17.7 Å². The van der Waals surface area contributed by atoms with Gasteiger partial charge in [0, 0.05) is 17.7 Å². The number of amides is 1. The number of carbonyl (C=O) groups is 1. The van der Waals surface area contributed by atoms with Crippen LogP contribution in [0.5, 0.6) is 0 Å². The van der Waals surface area contributed by atoms with Gasteiger partial charge in [0.2, 0.25) is 5.91 Å². The van der Waals surface area contributed by atoms with E-state index < -0.39 is 0 Å². The van der Waals surface area contributed by atoms with Crippen LogP contribution >= 0.6 is 11.8 Å². The number of aryl methyl sites for hydroxylation is 1. The van der Waals surface area contributed by atoms with Crippen molar-refractivity contribution in [3.8, 4) is 0 Å². The standard InChI is InChI=1S/C15H24N2O2S/c1-12(4-5-13-3-2-10-19-13)17-15(18)11-20-14-6-8-16-9-7-14/h2-3,10,12,14,16H,4-9,11H2,1H3,(H,17,18). The molecule has 0 spiro atoms. The van der Waals surface area contributed by atoms with E-state index in [0.717, 1.165) is 31.7 Å². The molecule has 4 nitrogen and oxygen atoms in total. The number of hydrogen-bond acceptors (Lipinski definition) is 4. The molecule has 1 fully saturated rings. The largest absolute Gasteiger partial charge is 0.469 e. The molecule has 1 aliphatic heterocycles. The van der Waals surface area contributed by atoms with Gasteiger partial charge in [-0.15, -0.1) is 11.8 Å². The van der Waals surface area contributed by atoms with Crippen LogP contribution in [0.25, 0.3) is 0 Å². The first kappa shape index (κ1) is 15.4. The summed E-state index contributed by atoms with van der Waals surface area (Å²) in [5, 5.41) is 7.05. The van der Waals surface area contributed by atoms with Gasteiger partial charge in [-0.25, -0.2) is 0 Å². The van der Waals surface area contributed by atoms with Gasteiger partial charge in [0.15, 0.2) is 0 Å². The van der Waals surface area contributed by atoms with Gasteiger partial charge in [0.25, 0.3) is 0 Å². The normalized spacial score (nSPS) is 17.9. The van der Waals surface area contributed by atoms with Crippen molar-refractivity contribution in [2.45, 2.75) is 43.9 Å². The van der Waals surface area contributed by atoms with E-state index in [0.29, 0.717) is 11.0 Å². The van der Waals surface area contributed by atoms with E-state index in [4.69, 9.17) is 4.42 Å². The zero-order valence-corrected chi connectivity index (χ0v) is 12.9. The summed E-state index contributed by atoms with van der Waals surface area (Å²) in [4.78, 5) is 11.9. The molecule has 0 aromatic carbocycles. The number of rotatable bonds is 7. The first-order chi connectivity index (χ1) is 9.74. The van der Waals surface area contributed by atoms with Crippen LogP contribution in [0.1, 0.15) is 31.9 Å². The highest BCUT2D eigenvalue weighted by molar-refractivity contribution is 8.00. The molecular formula is C15H24N2O2S. The summed E-state index contributed by atoms with van der Waals surface area (Å²) in [5.74, 6) is 1.71. The second-order valence-electron chi connectivity index (χ2n) is 5.35. The molecule has 1 atom stereocenters. The van der Waals surface area contributed by atoms with Crippen molar-refractivity contribution in [1.82, 2.24) is 10.6 Å². The van der Waals surface area contributed by atoms with Crippen molar-refractivity contribution in [2.24, 2.45) is 0 Å². The number of carbonyl (C=O) groups excluding carboxylic acids is 1. The molecule has 1 aliphatic rings. The van der Waals surface area contributed by atoms with E-state index in [1.54, 1.807) is 18.0 Å². The summed E-state index contributed by atoms with van der Waals surface area (Å²) in [7, 11) is 0. The lowest BCUT2D eigenvalue weighted by atomic mass is 10.1. The molecule has 2 heterocycles. The van der Waals surface area contributed by atoms with Gasteiger partial charge in [0.05, 0.1) is 12.0 Å². The SMILES string of the molecule is CC(CCc1ccco1)NC(=O)CSC1CCNCC1. The van der Waals surface area contributed by atoms with Crippen LogP contribution < -0.4 is 10.6 Å². The summed E-state index contributed by atoms with van der Waals surface area (Å²) < 4.78 is 5.29. The summed E-state index contributed by atoms with van der Waals surface area (Å²) in [6.07, 6.45) is 5.82. The molecule has 0 saturated carbocycles. The van der Waals surface area contributed by atoms with Crippen LogP contribution in [-0.2, 0) is 11.2 Å². The third-order valence-corrected chi connectivity index (χ3v) is 4.92. The quantitative estimate of drug-likeness (QED) is 0.810. The number of thioether (sulfide) groups is 1. The van der Waals surface area contributed by atoms with Gasteiger partial charge < -0.3 is 15.1 Å². The molecule has 1 aromatic rings. The van der Waals surface area contributed by atoms with Crippen LogP contribution in [0, 0.1) is 0 Å². The highest BCUT2D eigenvalue weighted by Gasteiger charge is 2.15. The Labute approximate surface area is 125 Å². The fraction of sp³-hybridized carbons (Fsp3) is 0.667. The summed E-state index contributed by atoms with van der Waals surface area (Å²) in [6.45, 7) is 4.22. The Hall–Kier alpha value is -0.940. The second kappa shape index (κ2) is 8.37. The van der Waals surface area contributed by atoms with Gasteiger partial charge >= 0.3 is 0 Å². The molecule has 0 radical (unpaired) electrons. The zero-order valence-electron chi connectivity index (χ0n) is 12.1. The van der Waals surface area contributed by atoms with Crippen LogP contribution in [0.2, 0.25) is 0 Å². The topological polar surface area (TPSA) is 54.3 Å². The van der Waals surface area contributed by atoms with E-state index in [2.05, 4.69) is 17.6 Å². The molecule has 0 aliphatic carbocycles. The Morgan fingerprint density at radius 3 is 3.05 bits per heavy atom. The van der Waals surface area contributed by atoms with E-state index in [1.807, 2.05) is 12.1 Å². The Kier molecular flexibility index (Phi) is 6.47. The van der Waals surface area contributed by atoms with Gasteiger partial charge in [-0.05, 0) is 51.4 Å². The van der Waals surface area contributed by atoms with Crippen molar-refractivity contribution in [3.05, 3.63) is 24.2 Å². The molecule has 5 heteroatoms. The lowest BCUT2D eigenvalue weighted by Crippen LogP contribution is -2.35. The zero-order chi connectivity index (χ0) is 14.2. The molecule has 2 rings (SSSR count). The number of furan rings is 1. The van der Waals surface area contributed by atoms with Gasteiger partial charge in [-0.1, -0.05) is 0 Å². The van der Waals surface area contributed by atoms with Crippen molar-refractivity contribution in [2.75, 3.05) is 18.8 Å². The van der Waals surface area contributed by atoms with Crippen LogP contribution in [0.4, 0.5) is 0 Å². The molecule has 1 aromatic heterocycles. The summed E-state index contributed by atoms with van der Waals surface area (Å²) in [6, 6.07) is 4.07. The first-order valence-electron chi connectivity index (χ1n) is 7.38. The number of nitrogens with one attached hydrogen (secondary N) is 2. The maximum atomic E-state index is 11.9. The third-order valence-electron chi connectivity index (χ3n) is 3.55. The fourth-order valence-electron chi connectivity index (χ4n) is 2.36. The van der Waals surface area contributed by atoms with Crippen molar-refractivity contribution in [3.63, 3.8) is 0 Å². The Bertz CT molecular complexity index is 389. The number of hydrogen-bond donors (Lipinski definition) is 2. The molecule has 1 saturated heterocycles. The minimum atomic E-state index is 0.153. The van der Waals surface area contributed by atoms with E-state index >= 15 is 0 Å². The fourth-order valence-corrected chi connectivity index (χ4v) is 3.40. The monoisotopic (exact) mass is 296 g/mol. The Morgan fingerprint density at radius 1 is 1.55 bits per heavy atom. The van der Waals surface area contributed by atoms with E-state index in [-0.39, 0.29) is 11.9 Å². The van der Waals surface area contributed by atoms with Gasteiger partial charge in [-0.3, -0.25) is 4.79 Å². The van der Waals surface area contributed by atoms with Crippen LogP contribution in [0.15, 0.2) is 22.8 Å².